The highest BCUT2D eigenvalue weighted by atomic mass is 16.5. The molecule has 2 aliphatic rings. The van der Waals surface area contributed by atoms with Crippen LogP contribution in [-0.4, -0.2) is 37.6 Å². The van der Waals surface area contributed by atoms with E-state index in [9.17, 15) is 9.59 Å². The van der Waals surface area contributed by atoms with Gasteiger partial charge in [0.15, 0.2) is 6.61 Å². The van der Waals surface area contributed by atoms with Crippen molar-refractivity contribution in [2.24, 2.45) is 17.6 Å². The molecule has 0 aliphatic heterocycles. The van der Waals surface area contributed by atoms with Gasteiger partial charge >= 0.3 is 0 Å². The minimum atomic E-state index is -0.0676. The lowest BCUT2D eigenvalue weighted by molar-refractivity contribution is -0.126. The summed E-state index contributed by atoms with van der Waals surface area (Å²) in [5.41, 5.74) is 6.88. The summed E-state index contributed by atoms with van der Waals surface area (Å²) in [7, 11) is 0. The van der Waals surface area contributed by atoms with Crippen LogP contribution in [0.4, 0.5) is 0 Å². The van der Waals surface area contributed by atoms with Gasteiger partial charge in [0, 0.05) is 18.5 Å². The van der Waals surface area contributed by atoms with Gasteiger partial charge in [0.1, 0.15) is 5.75 Å². The molecule has 6 nitrogen and oxygen atoms in total. The van der Waals surface area contributed by atoms with Crippen molar-refractivity contribution < 1.29 is 14.3 Å². The summed E-state index contributed by atoms with van der Waals surface area (Å²) in [5, 5.41) is 5.93. The van der Waals surface area contributed by atoms with E-state index in [4.69, 9.17) is 10.5 Å². The maximum Gasteiger partial charge on any atom is 0.258 e. The predicted octanol–water partition coefficient (Wildman–Crippen LogP) is 1.38. The van der Waals surface area contributed by atoms with E-state index in [1.54, 1.807) is 0 Å². The second kappa shape index (κ2) is 9.03. The summed E-state index contributed by atoms with van der Waals surface area (Å²) in [5.74, 6) is 1.17. The monoisotopic (exact) mass is 359 g/mol. The lowest BCUT2D eigenvalue weighted by Gasteiger charge is -2.17. The summed E-state index contributed by atoms with van der Waals surface area (Å²) in [6.45, 7) is 1.27. The summed E-state index contributed by atoms with van der Waals surface area (Å²) >= 11 is 0. The molecule has 1 aromatic carbocycles. The number of rotatable bonds is 9. The fourth-order valence-electron chi connectivity index (χ4n) is 3.52. The van der Waals surface area contributed by atoms with Crippen LogP contribution < -0.4 is 21.1 Å². The Morgan fingerprint density at radius 1 is 1.12 bits per heavy atom. The topological polar surface area (TPSA) is 93.5 Å². The van der Waals surface area contributed by atoms with Crippen LogP contribution in [0.5, 0.6) is 5.75 Å². The Morgan fingerprint density at radius 2 is 1.88 bits per heavy atom. The minimum Gasteiger partial charge on any atom is -0.484 e. The molecule has 2 fully saturated rings. The first-order valence-corrected chi connectivity index (χ1v) is 9.64. The van der Waals surface area contributed by atoms with Crippen molar-refractivity contribution >= 4 is 11.8 Å². The number of carbonyl (C=O) groups excluding carboxylic acids is 2. The van der Waals surface area contributed by atoms with Gasteiger partial charge in [-0.3, -0.25) is 9.59 Å². The Bertz CT molecular complexity index is 613. The molecule has 2 aliphatic carbocycles. The van der Waals surface area contributed by atoms with Crippen molar-refractivity contribution in [1.29, 1.82) is 0 Å². The van der Waals surface area contributed by atoms with E-state index in [-0.39, 0.29) is 24.3 Å². The van der Waals surface area contributed by atoms with Gasteiger partial charge in [-0.1, -0.05) is 18.6 Å². The van der Waals surface area contributed by atoms with Crippen LogP contribution in [0.15, 0.2) is 24.3 Å². The number of benzene rings is 1. The van der Waals surface area contributed by atoms with Gasteiger partial charge in [0.05, 0.1) is 0 Å². The summed E-state index contributed by atoms with van der Waals surface area (Å²) in [6.07, 6.45) is 6.03. The zero-order chi connectivity index (χ0) is 18.4. The molecule has 0 spiro atoms. The van der Waals surface area contributed by atoms with Crippen molar-refractivity contribution in [2.75, 3.05) is 19.7 Å². The number of amides is 2. The molecule has 0 heterocycles. The summed E-state index contributed by atoms with van der Waals surface area (Å²) < 4.78 is 5.49. The van der Waals surface area contributed by atoms with Crippen LogP contribution in [0.2, 0.25) is 0 Å². The molecule has 142 valence electrons. The zero-order valence-electron chi connectivity index (χ0n) is 15.2. The van der Waals surface area contributed by atoms with E-state index in [1.165, 1.54) is 0 Å². The average molecular weight is 359 g/mol. The number of nitrogens with one attached hydrogen (secondary N) is 2. The van der Waals surface area contributed by atoms with Crippen molar-refractivity contribution in [3.63, 3.8) is 0 Å². The van der Waals surface area contributed by atoms with Gasteiger partial charge in [-0.2, -0.15) is 0 Å². The molecule has 4 N–H and O–H groups in total. The Kier molecular flexibility index (Phi) is 6.50. The van der Waals surface area contributed by atoms with Crippen molar-refractivity contribution in [2.45, 2.75) is 44.6 Å². The van der Waals surface area contributed by atoms with Crippen molar-refractivity contribution in [3.05, 3.63) is 29.8 Å². The molecule has 0 bridgehead atoms. The largest absolute Gasteiger partial charge is 0.484 e. The lowest BCUT2D eigenvalue weighted by atomic mass is 9.95. The fraction of sp³-hybridized carbons (Fsp3) is 0.600. The van der Waals surface area contributed by atoms with Crippen LogP contribution in [0.3, 0.4) is 0 Å². The Balaban J connectivity index is 1.36. The molecule has 0 unspecified atom stereocenters. The molecule has 2 amide bonds. The van der Waals surface area contributed by atoms with Crippen molar-refractivity contribution in [1.82, 2.24) is 10.6 Å². The third kappa shape index (κ3) is 5.46. The van der Waals surface area contributed by atoms with E-state index in [0.29, 0.717) is 30.8 Å². The van der Waals surface area contributed by atoms with E-state index >= 15 is 0 Å². The van der Waals surface area contributed by atoms with Crippen LogP contribution in [0, 0.1) is 11.8 Å². The molecular weight excluding hydrogens is 330 g/mol. The Hall–Kier alpha value is -2.08. The normalized spacial score (nSPS) is 22.0. The summed E-state index contributed by atoms with van der Waals surface area (Å²) in [6, 6.07) is 8.02. The van der Waals surface area contributed by atoms with E-state index in [2.05, 4.69) is 10.6 Å². The standard InChI is InChI=1S/C20H29N3O3/c21-12-15-2-1-3-18(15)20(25)22-11-10-14-4-8-17(9-5-14)26-13-19(24)23-16-6-7-16/h4-5,8-9,15-16,18H,1-3,6-7,10-13,21H2,(H,22,25)(H,23,24)/t15-,18-/m1/s1. The quantitative estimate of drug-likeness (QED) is 0.621. The fourth-order valence-corrected chi connectivity index (χ4v) is 3.52. The molecule has 2 atom stereocenters. The van der Waals surface area contributed by atoms with Gasteiger partial charge < -0.3 is 21.1 Å². The number of hydrogen-bond donors (Lipinski definition) is 3. The predicted molar refractivity (Wildman–Crippen MR) is 99.7 cm³/mol. The van der Waals surface area contributed by atoms with E-state index in [1.807, 2.05) is 24.3 Å². The molecule has 2 saturated carbocycles. The molecule has 0 saturated heterocycles. The Morgan fingerprint density at radius 3 is 2.58 bits per heavy atom. The average Bonchev–Trinajstić information content (AvgIpc) is 3.33. The minimum absolute atomic E-state index is 0.0512. The number of ether oxygens (including phenoxy) is 1. The molecule has 6 heteroatoms. The second-order valence-corrected chi connectivity index (χ2v) is 7.35. The van der Waals surface area contributed by atoms with Gasteiger partial charge in [0.25, 0.3) is 5.91 Å². The van der Waals surface area contributed by atoms with Gasteiger partial charge in [0.2, 0.25) is 5.91 Å². The van der Waals surface area contributed by atoms with Crippen LogP contribution in [0.1, 0.15) is 37.7 Å². The first-order valence-electron chi connectivity index (χ1n) is 9.64. The highest BCUT2D eigenvalue weighted by Crippen LogP contribution is 2.30. The maximum absolute atomic E-state index is 12.3. The number of carbonyl (C=O) groups is 2. The second-order valence-electron chi connectivity index (χ2n) is 7.35. The van der Waals surface area contributed by atoms with Crippen LogP contribution in [-0.2, 0) is 16.0 Å². The molecule has 3 rings (SSSR count). The lowest BCUT2D eigenvalue weighted by Crippen LogP contribution is -2.36. The van der Waals surface area contributed by atoms with E-state index < -0.39 is 0 Å². The molecular formula is C20H29N3O3. The smallest absolute Gasteiger partial charge is 0.258 e. The highest BCUT2D eigenvalue weighted by Gasteiger charge is 2.31. The van der Waals surface area contributed by atoms with Gasteiger partial charge in [-0.05, 0) is 62.3 Å². The summed E-state index contributed by atoms with van der Waals surface area (Å²) in [4.78, 5) is 23.9. The SMILES string of the molecule is NC[C@H]1CCC[C@H]1C(=O)NCCc1ccc(OCC(=O)NC2CC2)cc1. The van der Waals surface area contributed by atoms with Crippen molar-refractivity contribution in [3.8, 4) is 5.75 Å². The van der Waals surface area contributed by atoms with Gasteiger partial charge in [-0.25, -0.2) is 0 Å². The molecule has 1 aromatic rings. The zero-order valence-corrected chi connectivity index (χ0v) is 15.2. The number of nitrogens with two attached hydrogens (primary N) is 1. The third-order valence-corrected chi connectivity index (χ3v) is 5.25. The molecule has 0 aromatic heterocycles. The first kappa shape index (κ1) is 18.7. The Labute approximate surface area is 154 Å². The molecule has 0 radical (unpaired) electrons. The van der Waals surface area contributed by atoms with E-state index in [0.717, 1.165) is 44.1 Å². The molecule has 26 heavy (non-hydrogen) atoms. The van der Waals surface area contributed by atoms with Gasteiger partial charge in [-0.15, -0.1) is 0 Å². The maximum atomic E-state index is 12.3. The first-order chi connectivity index (χ1) is 12.7. The van der Waals surface area contributed by atoms with Crippen LogP contribution >= 0.6 is 0 Å². The van der Waals surface area contributed by atoms with Crippen LogP contribution in [0.25, 0.3) is 0 Å². The number of hydrogen-bond acceptors (Lipinski definition) is 4. The highest BCUT2D eigenvalue weighted by molar-refractivity contribution is 5.79. The third-order valence-electron chi connectivity index (χ3n) is 5.25.